The van der Waals surface area contributed by atoms with E-state index in [0.29, 0.717) is 17.7 Å². The van der Waals surface area contributed by atoms with Gasteiger partial charge in [-0.1, -0.05) is 13.3 Å². The fourth-order valence-corrected chi connectivity index (χ4v) is 2.49. The van der Waals surface area contributed by atoms with E-state index in [0.717, 1.165) is 11.3 Å². The van der Waals surface area contributed by atoms with Crippen molar-refractivity contribution in [1.82, 2.24) is 4.90 Å². The van der Waals surface area contributed by atoms with Crippen LogP contribution in [0.5, 0.6) is 5.75 Å². The van der Waals surface area contributed by atoms with Crippen molar-refractivity contribution in [2.24, 2.45) is 5.73 Å². The number of amides is 2. The van der Waals surface area contributed by atoms with E-state index in [1.54, 1.807) is 6.07 Å². The Balaban J connectivity index is 2.06. The zero-order valence-corrected chi connectivity index (χ0v) is 13.1. The van der Waals surface area contributed by atoms with Gasteiger partial charge in [0.25, 0.3) is 11.8 Å². The zero-order valence-electron chi connectivity index (χ0n) is 13.1. The topological polar surface area (TPSA) is 113 Å². The molecule has 1 aliphatic rings. The van der Waals surface area contributed by atoms with Crippen LogP contribution >= 0.6 is 0 Å². The van der Waals surface area contributed by atoms with Gasteiger partial charge >= 0.3 is 0 Å². The summed E-state index contributed by atoms with van der Waals surface area (Å²) >= 11 is 0. The number of rotatable bonds is 8. The highest BCUT2D eigenvalue weighted by Crippen LogP contribution is 2.26. The molecule has 1 aromatic carbocycles. The highest BCUT2D eigenvalue weighted by molar-refractivity contribution is 6.21. The number of carbonyl (C=O) groups excluding carboxylic acids is 2. The molecular formula is C16H22N2O5. The maximum absolute atomic E-state index is 12.1. The number of hydrogen-bond donors (Lipinski definition) is 3. The molecule has 1 heterocycles. The summed E-state index contributed by atoms with van der Waals surface area (Å²) in [5.74, 6) is -0.484. The molecule has 1 aliphatic heterocycles. The maximum Gasteiger partial charge on any atom is 0.261 e. The van der Waals surface area contributed by atoms with Gasteiger partial charge in [-0.25, -0.2) is 0 Å². The third kappa shape index (κ3) is 3.69. The summed E-state index contributed by atoms with van der Waals surface area (Å²) in [6, 6.07) is 4.20. The molecular weight excluding hydrogens is 300 g/mol. The molecule has 126 valence electrons. The minimum atomic E-state index is -0.800. The third-order valence-electron chi connectivity index (χ3n) is 3.80. The smallest absolute Gasteiger partial charge is 0.261 e. The quantitative estimate of drug-likeness (QED) is 0.587. The molecule has 0 saturated carbocycles. The predicted molar refractivity (Wildman–Crippen MR) is 83.3 cm³/mol. The average Bonchev–Trinajstić information content (AvgIpc) is 2.78. The molecule has 0 aliphatic carbocycles. The Morgan fingerprint density at radius 1 is 1.26 bits per heavy atom. The lowest BCUT2D eigenvalue weighted by atomic mass is 10.1. The minimum absolute atomic E-state index is 0.0163. The first kappa shape index (κ1) is 17.4. The van der Waals surface area contributed by atoms with E-state index >= 15 is 0 Å². The number of imide groups is 1. The number of nitrogens with zero attached hydrogens (tertiary/aromatic N) is 1. The number of β-amino-alcohol motifs (C(OH)–C–C–N with tert-alkyl or cyclic N) is 1. The Morgan fingerprint density at radius 2 is 1.96 bits per heavy atom. The van der Waals surface area contributed by atoms with E-state index in [2.05, 4.69) is 0 Å². The van der Waals surface area contributed by atoms with Crippen molar-refractivity contribution in [2.75, 3.05) is 19.8 Å². The Kier molecular flexibility index (Phi) is 5.70. The lowest BCUT2D eigenvalue weighted by molar-refractivity contribution is 0.0624. The fraction of sp³-hybridized carbons (Fsp3) is 0.500. The molecule has 2 unspecified atom stereocenters. The lowest BCUT2D eigenvalue weighted by Crippen LogP contribution is -2.38. The van der Waals surface area contributed by atoms with Crippen molar-refractivity contribution in [1.29, 1.82) is 0 Å². The van der Waals surface area contributed by atoms with Crippen LogP contribution in [0.1, 0.15) is 40.5 Å². The van der Waals surface area contributed by atoms with E-state index < -0.39 is 17.9 Å². The molecule has 7 nitrogen and oxygen atoms in total. The maximum atomic E-state index is 12.1. The Hall–Kier alpha value is -1.96. The van der Waals surface area contributed by atoms with Crippen LogP contribution in [-0.2, 0) is 0 Å². The average molecular weight is 322 g/mol. The number of benzene rings is 1. The Labute approximate surface area is 134 Å². The van der Waals surface area contributed by atoms with E-state index in [4.69, 9.17) is 15.6 Å². The number of fused-ring (bicyclic) bond motifs is 1. The van der Waals surface area contributed by atoms with Gasteiger partial charge in [0.05, 0.1) is 24.3 Å². The van der Waals surface area contributed by atoms with Crippen molar-refractivity contribution in [3.8, 4) is 5.75 Å². The summed E-state index contributed by atoms with van der Waals surface area (Å²) in [5.41, 5.74) is 6.35. The second-order valence-corrected chi connectivity index (χ2v) is 5.52. The number of carbonyl (C=O) groups is 2. The standard InChI is InChI=1S/C16H22N2O5/c1-2-3-13(17)14(20)9-23-10-4-5-11-12(8-10)16(22)18(6-7-19)15(11)21/h4-5,8,13-14,19-20H,2-3,6-7,9,17H2,1H3. The van der Waals surface area contributed by atoms with Crippen LogP contribution in [0.25, 0.3) is 0 Å². The second kappa shape index (κ2) is 7.54. The lowest BCUT2D eigenvalue weighted by Gasteiger charge is -2.18. The molecule has 0 radical (unpaired) electrons. The second-order valence-electron chi connectivity index (χ2n) is 5.52. The molecule has 0 bridgehead atoms. The molecule has 2 atom stereocenters. The van der Waals surface area contributed by atoms with Crippen LogP contribution in [0.2, 0.25) is 0 Å². The van der Waals surface area contributed by atoms with Gasteiger partial charge in [-0.2, -0.15) is 0 Å². The van der Waals surface area contributed by atoms with E-state index in [-0.39, 0.29) is 31.4 Å². The van der Waals surface area contributed by atoms with Gasteiger partial charge in [0.15, 0.2) is 0 Å². The predicted octanol–water partition coefficient (Wildman–Crippen LogP) is 0.142. The van der Waals surface area contributed by atoms with Gasteiger partial charge in [0.2, 0.25) is 0 Å². The Bertz CT molecular complexity index is 590. The summed E-state index contributed by atoms with van der Waals surface area (Å²) < 4.78 is 5.48. The van der Waals surface area contributed by atoms with E-state index in [9.17, 15) is 14.7 Å². The molecule has 0 aromatic heterocycles. The number of hydrogen-bond acceptors (Lipinski definition) is 6. The molecule has 4 N–H and O–H groups in total. The summed E-state index contributed by atoms with van der Waals surface area (Å²) in [6.07, 6.45) is 0.762. The van der Waals surface area contributed by atoms with E-state index in [1.807, 2.05) is 6.92 Å². The van der Waals surface area contributed by atoms with Crippen molar-refractivity contribution < 1.29 is 24.5 Å². The summed E-state index contributed by atoms with van der Waals surface area (Å²) in [4.78, 5) is 25.2. The van der Waals surface area contributed by atoms with Gasteiger partial charge in [-0.3, -0.25) is 14.5 Å². The SMILES string of the molecule is CCCC(N)C(O)COc1ccc2c(c1)C(=O)N(CCO)C2=O. The Morgan fingerprint density at radius 3 is 2.61 bits per heavy atom. The van der Waals surface area contributed by atoms with Crippen LogP contribution in [0.15, 0.2) is 18.2 Å². The van der Waals surface area contributed by atoms with Crippen LogP contribution in [0.4, 0.5) is 0 Å². The first-order valence-corrected chi connectivity index (χ1v) is 7.67. The van der Waals surface area contributed by atoms with Gasteiger partial charge in [0, 0.05) is 6.04 Å². The third-order valence-corrected chi connectivity index (χ3v) is 3.80. The monoisotopic (exact) mass is 322 g/mol. The molecule has 0 fully saturated rings. The number of aliphatic hydroxyl groups is 2. The van der Waals surface area contributed by atoms with Crippen molar-refractivity contribution in [3.05, 3.63) is 29.3 Å². The van der Waals surface area contributed by atoms with Crippen molar-refractivity contribution in [3.63, 3.8) is 0 Å². The highest BCUT2D eigenvalue weighted by atomic mass is 16.5. The highest BCUT2D eigenvalue weighted by Gasteiger charge is 2.35. The molecule has 2 rings (SSSR count). The minimum Gasteiger partial charge on any atom is -0.491 e. The molecule has 23 heavy (non-hydrogen) atoms. The largest absolute Gasteiger partial charge is 0.491 e. The molecule has 0 spiro atoms. The van der Waals surface area contributed by atoms with Gasteiger partial charge in [0.1, 0.15) is 18.5 Å². The van der Waals surface area contributed by atoms with Crippen molar-refractivity contribution in [2.45, 2.75) is 31.9 Å². The molecule has 1 aromatic rings. The summed E-state index contributed by atoms with van der Waals surface area (Å²) in [7, 11) is 0. The zero-order chi connectivity index (χ0) is 17.0. The number of ether oxygens (including phenoxy) is 1. The van der Waals surface area contributed by atoms with Crippen LogP contribution < -0.4 is 10.5 Å². The fourth-order valence-electron chi connectivity index (χ4n) is 2.49. The molecule has 2 amide bonds. The summed E-state index contributed by atoms with van der Waals surface area (Å²) in [6.45, 7) is 1.68. The first-order chi connectivity index (χ1) is 11.0. The normalized spacial score (nSPS) is 16.4. The van der Waals surface area contributed by atoms with Crippen LogP contribution in [0.3, 0.4) is 0 Å². The van der Waals surface area contributed by atoms with Gasteiger partial charge < -0.3 is 20.7 Å². The number of nitrogens with two attached hydrogens (primary N) is 1. The summed E-state index contributed by atoms with van der Waals surface area (Å²) in [5, 5.41) is 18.8. The molecule has 0 saturated heterocycles. The first-order valence-electron chi connectivity index (χ1n) is 7.67. The van der Waals surface area contributed by atoms with E-state index in [1.165, 1.54) is 12.1 Å². The van der Waals surface area contributed by atoms with Crippen molar-refractivity contribution >= 4 is 11.8 Å². The van der Waals surface area contributed by atoms with Gasteiger partial charge in [-0.15, -0.1) is 0 Å². The van der Waals surface area contributed by atoms with Crippen LogP contribution in [0, 0.1) is 0 Å². The molecule has 7 heteroatoms. The van der Waals surface area contributed by atoms with Crippen LogP contribution in [-0.4, -0.2) is 58.8 Å². The van der Waals surface area contributed by atoms with Gasteiger partial charge in [-0.05, 0) is 24.6 Å². The number of aliphatic hydroxyl groups excluding tert-OH is 2.